The summed E-state index contributed by atoms with van der Waals surface area (Å²) in [7, 11) is 1.66. The molecule has 0 aliphatic carbocycles. The summed E-state index contributed by atoms with van der Waals surface area (Å²) in [5.74, 6) is 7.02. The number of pyridine rings is 1. The summed E-state index contributed by atoms with van der Waals surface area (Å²) in [6.07, 6.45) is 7.76. The maximum absolute atomic E-state index is 6.20. The number of hydrazine groups is 1. The van der Waals surface area contributed by atoms with Crippen molar-refractivity contribution in [2.75, 3.05) is 13.7 Å². The maximum atomic E-state index is 6.20. The lowest BCUT2D eigenvalue weighted by Crippen LogP contribution is -2.31. The van der Waals surface area contributed by atoms with Crippen LogP contribution in [0.5, 0.6) is 5.75 Å². The molecule has 3 aromatic rings. The Hall–Kier alpha value is -3.38. The van der Waals surface area contributed by atoms with Gasteiger partial charge in [-0.25, -0.2) is 5.84 Å². The lowest BCUT2D eigenvalue weighted by Gasteiger charge is -2.25. The summed E-state index contributed by atoms with van der Waals surface area (Å²) in [5.41, 5.74) is 5.79. The Balaban J connectivity index is 1.72. The molecule has 1 aliphatic rings. The smallest absolute Gasteiger partial charge is 0.118 e. The first kappa shape index (κ1) is 16.1. The van der Waals surface area contributed by atoms with Crippen LogP contribution in [0.25, 0.3) is 22.7 Å². The molecule has 4 rings (SSSR count). The van der Waals surface area contributed by atoms with Crippen LogP contribution < -0.4 is 10.6 Å². The summed E-state index contributed by atoms with van der Waals surface area (Å²) >= 11 is 0. The van der Waals surface area contributed by atoms with Crippen molar-refractivity contribution in [2.24, 2.45) is 5.84 Å². The molecule has 3 heterocycles. The second-order valence-electron chi connectivity index (χ2n) is 5.94. The molecule has 0 spiro atoms. The zero-order valence-electron chi connectivity index (χ0n) is 14.4. The lowest BCUT2D eigenvalue weighted by atomic mass is 9.98. The average molecular weight is 345 g/mol. The second-order valence-corrected chi connectivity index (χ2v) is 5.94. The first-order valence-corrected chi connectivity index (χ1v) is 8.30. The minimum absolute atomic E-state index is 0.611. The van der Waals surface area contributed by atoms with Crippen LogP contribution in [0.1, 0.15) is 11.1 Å². The Morgan fingerprint density at radius 1 is 1.15 bits per heavy atom. The van der Waals surface area contributed by atoms with Crippen molar-refractivity contribution in [2.45, 2.75) is 0 Å². The second kappa shape index (κ2) is 6.85. The molecule has 0 saturated heterocycles. The van der Waals surface area contributed by atoms with E-state index in [1.54, 1.807) is 18.3 Å². The molecule has 0 atom stereocenters. The van der Waals surface area contributed by atoms with Crippen molar-refractivity contribution in [3.63, 3.8) is 0 Å². The van der Waals surface area contributed by atoms with Crippen LogP contribution in [0, 0.1) is 0 Å². The van der Waals surface area contributed by atoms with E-state index in [2.05, 4.69) is 27.3 Å². The van der Waals surface area contributed by atoms with Crippen LogP contribution in [0.3, 0.4) is 0 Å². The zero-order chi connectivity index (χ0) is 17.9. The van der Waals surface area contributed by atoms with E-state index in [-0.39, 0.29) is 0 Å². The van der Waals surface area contributed by atoms with Gasteiger partial charge in [0.2, 0.25) is 0 Å². The maximum Gasteiger partial charge on any atom is 0.118 e. The third-order valence-corrected chi connectivity index (χ3v) is 4.37. The molecule has 130 valence electrons. The number of allylic oxidation sites excluding steroid dienone is 2. The predicted molar refractivity (Wildman–Crippen MR) is 102 cm³/mol. The number of methoxy groups -OCH3 is 1. The molecule has 0 saturated carbocycles. The number of H-pyrrole nitrogens is 1. The number of aromatic amines is 1. The fraction of sp³-hybridized carbons (Fsp3) is 0.100. The van der Waals surface area contributed by atoms with Crippen molar-refractivity contribution in [3.8, 4) is 17.1 Å². The highest BCUT2D eigenvalue weighted by Gasteiger charge is 2.18. The van der Waals surface area contributed by atoms with E-state index < -0.39 is 0 Å². The molecule has 2 aromatic heterocycles. The average Bonchev–Trinajstić information content (AvgIpc) is 3.19. The first-order chi connectivity index (χ1) is 12.8. The Bertz CT molecular complexity index is 957. The SMILES string of the molecule is COc1ccc(C2=CC(c3cn[nH]c3-c3ccccn3)=CCN2N)cc1. The third kappa shape index (κ3) is 2.98. The molecule has 26 heavy (non-hydrogen) atoms. The minimum Gasteiger partial charge on any atom is -0.497 e. The number of ether oxygens (including phenoxy) is 1. The molecule has 0 amide bonds. The highest BCUT2D eigenvalue weighted by atomic mass is 16.5. The van der Waals surface area contributed by atoms with Gasteiger partial charge >= 0.3 is 0 Å². The van der Waals surface area contributed by atoms with Crippen molar-refractivity contribution < 1.29 is 4.74 Å². The quantitative estimate of drug-likeness (QED) is 0.710. The highest BCUT2D eigenvalue weighted by Crippen LogP contribution is 2.32. The van der Waals surface area contributed by atoms with Gasteiger partial charge in [0.25, 0.3) is 0 Å². The van der Waals surface area contributed by atoms with Gasteiger partial charge in [-0.3, -0.25) is 10.1 Å². The number of rotatable bonds is 4. The molecule has 0 unspecified atom stereocenters. The summed E-state index contributed by atoms with van der Waals surface area (Å²) < 4.78 is 5.23. The largest absolute Gasteiger partial charge is 0.497 e. The monoisotopic (exact) mass is 345 g/mol. The number of benzene rings is 1. The molecule has 6 heteroatoms. The summed E-state index contributed by atoms with van der Waals surface area (Å²) in [6.45, 7) is 0.611. The first-order valence-electron chi connectivity index (χ1n) is 8.30. The van der Waals surface area contributed by atoms with Gasteiger partial charge in [-0.05, 0) is 53.6 Å². The van der Waals surface area contributed by atoms with E-state index in [0.717, 1.165) is 39.5 Å². The van der Waals surface area contributed by atoms with Gasteiger partial charge in [0.15, 0.2) is 0 Å². The number of nitrogens with two attached hydrogens (primary N) is 1. The van der Waals surface area contributed by atoms with Gasteiger partial charge in [-0.1, -0.05) is 12.1 Å². The molecule has 0 bridgehead atoms. The van der Waals surface area contributed by atoms with Crippen molar-refractivity contribution in [1.29, 1.82) is 0 Å². The Morgan fingerprint density at radius 2 is 2.00 bits per heavy atom. The predicted octanol–water partition coefficient (Wildman–Crippen LogP) is 3.09. The summed E-state index contributed by atoms with van der Waals surface area (Å²) in [4.78, 5) is 4.42. The van der Waals surface area contributed by atoms with Gasteiger partial charge in [-0.15, -0.1) is 0 Å². The Labute approximate surface area is 151 Å². The zero-order valence-corrected chi connectivity index (χ0v) is 14.4. The minimum atomic E-state index is 0.611. The van der Waals surface area contributed by atoms with Crippen LogP contribution in [0.4, 0.5) is 0 Å². The van der Waals surface area contributed by atoms with Gasteiger partial charge in [0.1, 0.15) is 5.75 Å². The van der Waals surface area contributed by atoms with Crippen LogP contribution in [0.15, 0.2) is 67.0 Å². The van der Waals surface area contributed by atoms with Crippen LogP contribution in [0.2, 0.25) is 0 Å². The molecule has 0 fully saturated rings. The van der Waals surface area contributed by atoms with E-state index in [4.69, 9.17) is 10.6 Å². The van der Waals surface area contributed by atoms with Crippen molar-refractivity contribution in [1.82, 2.24) is 20.2 Å². The van der Waals surface area contributed by atoms with Crippen LogP contribution >= 0.6 is 0 Å². The molecule has 1 aromatic carbocycles. The van der Waals surface area contributed by atoms with E-state index in [0.29, 0.717) is 6.54 Å². The summed E-state index contributed by atoms with van der Waals surface area (Å²) in [6, 6.07) is 13.7. The fourth-order valence-corrected chi connectivity index (χ4v) is 2.99. The third-order valence-electron chi connectivity index (χ3n) is 4.37. The number of hydrogen-bond acceptors (Lipinski definition) is 5. The molecule has 3 N–H and O–H groups in total. The molecule has 0 radical (unpaired) electrons. The van der Waals surface area contributed by atoms with Crippen molar-refractivity contribution in [3.05, 3.63) is 78.1 Å². The number of hydrogen-bond donors (Lipinski definition) is 2. The lowest BCUT2D eigenvalue weighted by molar-refractivity contribution is 0.414. The van der Waals surface area contributed by atoms with Gasteiger partial charge in [0, 0.05) is 11.8 Å². The van der Waals surface area contributed by atoms with E-state index in [1.807, 2.05) is 48.7 Å². The Kier molecular flexibility index (Phi) is 4.25. The van der Waals surface area contributed by atoms with Gasteiger partial charge < -0.3 is 9.75 Å². The van der Waals surface area contributed by atoms with Gasteiger partial charge in [-0.2, -0.15) is 5.10 Å². The Morgan fingerprint density at radius 3 is 2.73 bits per heavy atom. The number of nitrogens with one attached hydrogen (secondary N) is 1. The number of aromatic nitrogens is 3. The molecular formula is C20H19N5O. The molecule has 6 nitrogen and oxygen atoms in total. The van der Waals surface area contributed by atoms with E-state index >= 15 is 0 Å². The molecular weight excluding hydrogens is 326 g/mol. The van der Waals surface area contributed by atoms with E-state index in [1.165, 1.54) is 0 Å². The fourth-order valence-electron chi connectivity index (χ4n) is 2.99. The molecule has 1 aliphatic heterocycles. The van der Waals surface area contributed by atoms with Crippen LogP contribution in [-0.2, 0) is 0 Å². The summed E-state index contributed by atoms with van der Waals surface area (Å²) in [5, 5.41) is 9.00. The standard InChI is InChI=1S/C20H19N5O/c1-26-16-7-5-14(6-8-16)19-12-15(9-11-25(19)21)17-13-23-24-20(17)18-4-2-3-10-22-18/h2-10,12-13H,11,21H2,1H3,(H,23,24). The van der Waals surface area contributed by atoms with E-state index in [9.17, 15) is 0 Å². The number of nitrogens with zero attached hydrogens (tertiary/aromatic N) is 3. The van der Waals surface area contributed by atoms with Gasteiger partial charge in [0.05, 0.1) is 36.9 Å². The van der Waals surface area contributed by atoms with Crippen molar-refractivity contribution >= 4 is 11.3 Å². The topological polar surface area (TPSA) is 80.1 Å². The normalized spacial score (nSPS) is 14.0. The van der Waals surface area contributed by atoms with Crippen LogP contribution in [-0.4, -0.2) is 33.8 Å². The highest BCUT2D eigenvalue weighted by molar-refractivity contribution is 5.89.